The fraction of sp³-hybridized carbons (Fsp3) is 0.538. The molecule has 0 bridgehead atoms. The monoisotopic (exact) mass is 250 g/mol. The van der Waals surface area contributed by atoms with Gasteiger partial charge in [-0.05, 0) is 25.0 Å². The number of pyridine rings is 1. The Morgan fingerprint density at radius 2 is 2.28 bits per heavy atom. The second-order valence-electron chi connectivity index (χ2n) is 4.56. The minimum absolute atomic E-state index is 0.0273. The zero-order chi connectivity index (χ0) is 13.0. The first-order valence-corrected chi connectivity index (χ1v) is 6.30. The van der Waals surface area contributed by atoms with Crippen LogP contribution >= 0.6 is 0 Å². The van der Waals surface area contributed by atoms with Crippen LogP contribution in [0.25, 0.3) is 0 Å². The van der Waals surface area contributed by atoms with E-state index in [0.29, 0.717) is 5.82 Å². The van der Waals surface area contributed by atoms with Crippen molar-refractivity contribution in [1.29, 1.82) is 0 Å². The van der Waals surface area contributed by atoms with Gasteiger partial charge in [0.25, 0.3) is 0 Å². The highest BCUT2D eigenvalue weighted by Crippen LogP contribution is 2.25. The molecule has 1 saturated heterocycles. The number of aliphatic hydroxyl groups is 1. The Morgan fingerprint density at radius 3 is 3.00 bits per heavy atom. The van der Waals surface area contributed by atoms with Gasteiger partial charge in [0.05, 0.1) is 12.6 Å². The molecule has 0 spiro atoms. The summed E-state index contributed by atoms with van der Waals surface area (Å²) in [5.41, 5.74) is 0.206. The molecule has 18 heavy (non-hydrogen) atoms. The van der Waals surface area contributed by atoms with E-state index >= 15 is 0 Å². The van der Waals surface area contributed by atoms with Gasteiger partial charge in [-0.1, -0.05) is 12.8 Å². The third-order valence-electron chi connectivity index (χ3n) is 3.38. The van der Waals surface area contributed by atoms with E-state index in [1.165, 1.54) is 0 Å². The molecule has 0 amide bonds. The summed E-state index contributed by atoms with van der Waals surface area (Å²) in [6.07, 6.45) is 5.67. The molecule has 1 unspecified atom stereocenters. The van der Waals surface area contributed by atoms with Gasteiger partial charge in [0.2, 0.25) is 0 Å². The number of carbonyl (C=O) groups is 1. The topological polar surface area (TPSA) is 73.7 Å². The average molecular weight is 250 g/mol. The Bertz CT molecular complexity index is 422. The van der Waals surface area contributed by atoms with Gasteiger partial charge in [-0.25, -0.2) is 9.78 Å². The van der Waals surface area contributed by atoms with E-state index in [0.717, 1.165) is 32.2 Å². The van der Waals surface area contributed by atoms with Crippen molar-refractivity contribution in [1.82, 2.24) is 4.98 Å². The molecule has 1 aliphatic rings. The van der Waals surface area contributed by atoms with Crippen LogP contribution < -0.4 is 4.90 Å². The first-order valence-electron chi connectivity index (χ1n) is 6.30. The molecular formula is C13H18N2O3. The normalized spacial score (nSPS) is 20.5. The van der Waals surface area contributed by atoms with Crippen molar-refractivity contribution in [2.45, 2.75) is 31.7 Å². The molecular weight excluding hydrogens is 232 g/mol. The van der Waals surface area contributed by atoms with Crippen molar-refractivity contribution >= 4 is 11.8 Å². The van der Waals surface area contributed by atoms with Crippen molar-refractivity contribution in [3.8, 4) is 0 Å². The van der Waals surface area contributed by atoms with Crippen molar-refractivity contribution in [3.63, 3.8) is 0 Å². The summed E-state index contributed by atoms with van der Waals surface area (Å²) >= 11 is 0. The molecule has 0 saturated carbocycles. The maximum absolute atomic E-state index is 11.2. The fourth-order valence-electron chi connectivity index (χ4n) is 2.44. The van der Waals surface area contributed by atoms with Gasteiger partial charge in [-0.2, -0.15) is 0 Å². The van der Waals surface area contributed by atoms with Crippen LogP contribution in [-0.2, 0) is 0 Å². The van der Waals surface area contributed by atoms with Crippen LogP contribution in [0.4, 0.5) is 5.82 Å². The Kier molecular flexibility index (Phi) is 4.15. The molecule has 0 aromatic carbocycles. The second-order valence-corrected chi connectivity index (χ2v) is 4.56. The van der Waals surface area contributed by atoms with Gasteiger partial charge in [0, 0.05) is 12.7 Å². The number of hydrogen-bond acceptors (Lipinski definition) is 4. The SMILES string of the molecule is O=C(O)c1cccnc1N1CCCCCC1CO. The average Bonchev–Trinajstić information content (AvgIpc) is 2.63. The maximum atomic E-state index is 11.2. The molecule has 1 aromatic rings. The number of carboxylic acids is 1. The first-order chi connectivity index (χ1) is 8.74. The summed E-state index contributed by atoms with van der Waals surface area (Å²) in [6.45, 7) is 0.790. The number of hydrogen-bond donors (Lipinski definition) is 2. The van der Waals surface area contributed by atoms with E-state index in [-0.39, 0.29) is 18.2 Å². The van der Waals surface area contributed by atoms with E-state index in [1.54, 1.807) is 18.3 Å². The van der Waals surface area contributed by atoms with E-state index < -0.39 is 5.97 Å². The lowest BCUT2D eigenvalue weighted by atomic mass is 10.1. The summed E-state index contributed by atoms with van der Waals surface area (Å²) in [6, 6.07) is 3.16. The standard InChI is InChI=1S/C13H18N2O3/c16-9-10-5-2-1-3-8-15(10)12-11(13(17)18)6-4-7-14-12/h4,6-7,10,16H,1-3,5,8-9H2,(H,17,18). The van der Waals surface area contributed by atoms with Crippen LogP contribution in [0.15, 0.2) is 18.3 Å². The smallest absolute Gasteiger partial charge is 0.339 e. The van der Waals surface area contributed by atoms with Crippen LogP contribution in [0.2, 0.25) is 0 Å². The lowest BCUT2D eigenvalue weighted by molar-refractivity contribution is 0.0697. The van der Waals surface area contributed by atoms with Gasteiger partial charge in [0.15, 0.2) is 0 Å². The molecule has 98 valence electrons. The number of aliphatic hydroxyl groups excluding tert-OH is 1. The Morgan fingerprint density at radius 1 is 1.44 bits per heavy atom. The van der Waals surface area contributed by atoms with Crippen molar-refractivity contribution in [2.24, 2.45) is 0 Å². The highest BCUT2D eigenvalue weighted by atomic mass is 16.4. The van der Waals surface area contributed by atoms with Gasteiger partial charge in [0.1, 0.15) is 11.4 Å². The Labute approximate surface area is 106 Å². The van der Waals surface area contributed by atoms with Gasteiger partial charge in [-0.15, -0.1) is 0 Å². The van der Waals surface area contributed by atoms with Gasteiger partial charge in [-0.3, -0.25) is 0 Å². The lowest BCUT2D eigenvalue weighted by Crippen LogP contribution is -2.39. The fourth-order valence-corrected chi connectivity index (χ4v) is 2.44. The molecule has 5 heteroatoms. The summed E-state index contributed by atoms with van der Waals surface area (Å²) in [5.74, 6) is -0.495. The predicted octanol–water partition coefficient (Wildman–Crippen LogP) is 1.52. The zero-order valence-corrected chi connectivity index (χ0v) is 10.2. The van der Waals surface area contributed by atoms with Crippen LogP contribution in [0.1, 0.15) is 36.0 Å². The summed E-state index contributed by atoms with van der Waals surface area (Å²) < 4.78 is 0. The molecule has 2 heterocycles. The highest BCUT2D eigenvalue weighted by Gasteiger charge is 2.25. The Hall–Kier alpha value is -1.62. The van der Waals surface area contributed by atoms with Crippen molar-refractivity contribution in [2.75, 3.05) is 18.1 Å². The van der Waals surface area contributed by atoms with Crippen LogP contribution in [0.3, 0.4) is 0 Å². The van der Waals surface area contributed by atoms with E-state index in [2.05, 4.69) is 4.98 Å². The number of carboxylic acid groups (broad SMARTS) is 1. The summed E-state index contributed by atoms with van der Waals surface area (Å²) in [4.78, 5) is 17.4. The highest BCUT2D eigenvalue weighted by molar-refractivity contribution is 5.93. The summed E-state index contributed by atoms with van der Waals surface area (Å²) in [5, 5.41) is 18.7. The molecule has 1 atom stereocenters. The minimum atomic E-state index is -0.973. The molecule has 1 aliphatic heterocycles. The number of rotatable bonds is 3. The number of aromatic carboxylic acids is 1. The first kappa shape index (κ1) is 12.8. The number of nitrogens with zero attached hydrogens (tertiary/aromatic N) is 2. The molecule has 2 N–H and O–H groups in total. The van der Waals surface area contributed by atoms with Gasteiger partial charge >= 0.3 is 5.97 Å². The molecule has 2 rings (SSSR count). The zero-order valence-electron chi connectivity index (χ0n) is 10.2. The molecule has 1 fully saturated rings. The molecule has 1 aromatic heterocycles. The number of anilines is 1. The third-order valence-corrected chi connectivity index (χ3v) is 3.38. The third kappa shape index (κ3) is 2.61. The maximum Gasteiger partial charge on any atom is 0.339 e. The molecule has 0 aliphatic carbocycles. The predicted molar refractivity (Wildman–Crippen MR) is 67.9 cm³/mol. The van der Waals surface area contributed by atoms with Crippen LogP contribution in [0.5, 0.6) is 0 Å². The van der Waals surface area contributed by atoms with E-state index in [1.807, 2.05) is 4.90 Å². The lowest BCUT2D eigenvalue weighted by Gasteiger charge is -2.30. The minimum Gasteiger partial charge on any atom is -0.478 e. The van der Waals surface area contributed by atoms with E-state index in [9.17, 15) is 15.0 Å². The van der Waals surface area contributed by atoms with Crippen LogP contribution in [-0.4, -0.2) is 40.4 Å². The quantitative estimate of drug-likeness (QED) is 0.850. The van der Waals surface area contributed by atoms with E-state index in [4.69, 9.17) is 0 Å². The Balaban J connectivity index is 2.35. The largest absolute Gasteiger partial charge is 0.478 e. The summed E-state index contributed by atoms with van der Waals surface area (Å²) in [7, 11) is 0. The van der Waals surface area contributed by atoms with Crippen LogP contribution in [0, 0.1) is 0 Å². The van der Waals surface area contributed by atoms with Crippen molar-refractivity contribution < 1.29 is 15.0 Å². The second kappa shape index (κ2) is 5.82. The molecule has 0 radical (unpaired) electrons. The molecule has 5 nitrogen and oxygen atoms in total. The number of aromatic nitrogens is 1. The van der Waals surface area contributed by atoms with Gasteiger partial charge < -0.3 is 15.1 Å². The van der Waals surface area contributed by atoms with Crippen molar-refractivity contribution in [3.05, 3.63) is 23.9 Å².